The summed E-state index contributed by atoms with van der Waals surface area (Å²) in [7, 11) is -3.78. The van der Waals surface area contributed by atoms with Crippen molar-refractivity contribution in [3.8, 4) is 11.5 Å². The molecule has 0 radical (unpaired) electrons. The molecule has 0 atom stereocenters. The monoisotopic (exact) mass is 483 g/mol. The molecule has 1 fully saturated rings. The van der Waals surface area contributed by atoms with Gasteiger partial charge in [-0.05, 0) is 29.6 Å². The average molecular weight is 484 g/mol. The molecule has 166 valence electrons. The number of Topliss-reactive ketones (excluding diaryl/α,β-unsaturated/α-hetero) is 1. The molecule has 1 aromatic heterocycles. The summed E-state index contributed by atoms with van der Waals surface area (Å²) in [5.41, 5.74) is 0.321. The molecule has 2 aliphatic rings. The standard InChI is InChI=1S/C20H21NO7S3/c22-15(14-2-3-16-17(12-14)27-8-1-7-26-16)13-28-20(23)19-18(4-9-30-19)31(24,25)21-5-10-29-11-6-21/h2-4,9,12H,1,5-8,10-11,13H2. The maximum Gasteiger partial charge on any atom is 0.350 e. The third kappa shape index (κ3) is 4.89. The first-order valence-electron chi connectivity index (χ1n) is 9.72. The van der Waals surface area contributed by atoms with Crippen LogP contribution in [-0.4, -0.2) is 68.9 Å². The lowest BCUT2D eigenvalue weighted by atomic mass is 10.1. The summed E-state index contributed by atoms with van der Waals surface area (Å²) in [4.78, 5) is 25.0. The predicted octanol–water partition coefficient (Wildman–Crippen LogP) is 2.69. The topological polar surface area (TPSA) is 99.2 Å². The number of nitrogens with zero attached hydrogens (tertiary/aromatic N) is 1. The summed E-state index contributed by atoms with van der Waals surface area (Å²) in [6.45, 7) is 1.33. The zero-order valence-corrected chi connectivity index (χ0v) is 19.0. The fraction of sp³-hybridized carbons (Fsp3) is 0.400. The van der Waals surface area contributed by atoms with Crippen molar-refractivity contribution in [1.82, 2.24) is 4.31 Å². The van der Waals surface area contributed by atoms with Gasteiger partial charge in [-0.1, -0.05) is 0 Å². The van der Waals surface area contributed by atoms with E-state index in [-0.39, 0.29) is 9.77 Å². The van der Waals surface area contributed by atoms with Gasteiger partial charge in [-0.25, -0.2) is 13.2 Å². The maximum absolute atomic E-state index is 12.9. The van der Waals surface area contributed by atoms with Crippen LogP contribution in [0.2, 0.25) is 0 Å². The number of fused-ring (bicyclic) bond motifs is 1. The first-order chi connectivity index (χ1) is 15.0. The van der Waals surface area contributed by atoms with Gasteiger partial charge in [0, 0.05) is 36.6 Å². The van der Waals surface area contributed by atoms with Crippen LogP contribution in [0, 0.1) is 0 Å². The van der Waals surface area contributed by atoms with Crippen molar-refractivity contribution in [1.29, 1.82) is 0 Å². The summed E-state index contributed by atoms with van der Waals surface area (Å²) < 4.78 is 43.5. The number of thiophene rings is 1. The first kappa shape index (κ1) is 22.1. The lowest BCUT2D eigenvalue weighted by molar-refractivity contribution is 0.0476. The van der Waals surface area contributed by atoms with Crippen LogP contribution in [0.1, 0.15) is 26.5 Å². The Bertz CT molecular complexity index is 1070. The minimum Gasteiger partial charge on any atom is -0.490 e. The Morgan fingerprint density at radius 3 is 2.58 bits per heavy atom. The largest absolute Gasteiger partial charge is 0.490 e. The Kier molecular flexibility index (Phi) is 6.85. The number of ketones is 1. The minimum atomic E-state index is -3.78. The molecule has 0 amide bonds. The highest BCUT2D eigenvalue weighted by atomic mass is 32.2. The Hall–Kier alpha value is -2.08. The van der Waals surface area contributed by atoms with Gasteiger partial charge in [0.1, 0.15) is 9.77 Å². The van der Waals surface area contributed by atoms with Gasteiger partial charge >= 0.3 is 5.97 Å². The van der Waals surface area contributed by atoms with E-state index in [9.17, 15) is 18.0 Å². The summed E-state index contributed by atoms with van der Waals surface area (Å²) in [5.74, 6) is 1.22. The van der Waals surface area contributed by atoms with Crippen molar-refractivity contribution in [2.75, 3.05) is 44.4 Å². The average Bonchev–Trinajstić information content (AvgIpc) is 3.18. The molecule has 3 heterocycles. The number of carbonyl (C=O) groups excluding carboxylic acids is 2. The van der Waals surface area contributed by atoms with Crippen molar-refractivity contribution in [2.45, 2.75) is 11.3 Å². The van der Waals surface area contributed by atoms with Gasteiger partial charge in [-0.3, -0.25) is 4.79 Å². The lowest BCUT2D eigenvalue weighted by Gasteiger charge is -2.25. The third-order valence-electron chi connectivity index (χ3n) is 4.81. The van der Waals surface area contributed by atoms with Crippen molar-refractivity contribution >= 4 is 44.9 Å². The molecular formula is C20H21NO7S3. The number of benzene rings is 1. The van der Waals surface area contributed by atoms with E-state index < -0.39 is 28.4 Å². The maximum atomic E-state index is 12.9. The van der Waals surface area contributed by atoms with Crippen molar-refractivity contribution in [3.63, 3.8) is 0 Å². The minimum absolute atomic E-state index is 0.0234. The third-order valence-corrected chi connectivity index (χ3v) is 8.71. The van der Waals surface area contributed by atoms with Gasteiger partial charge in [0.25, 0.3) is 0 Å². The Morgan fingerprint density at radius 1 is 1.06 bits per heavy atom. The van der Waals surface area contributed by atoms with Crippen LogP contribution < -0.4 is 9.47 Å². The SMILES string of the molecule is O=C(COC(=O)c1sccc1S(=O)(=O)N1CCSCC1)c1ccc2c(c1)OCCCO2. The highest BCUT2D eigenvalue weighted by Gasteiger charge is 2.32. The lowest BCUT2D eigenvalue weighted by Crippen LogP contribution is -2.38. The first-order valence-corrected chi connectivity index (χ1v) is 13.2. The molecule has 31 heavy (non-hydrogen) atoms. The van der Waals surface area contributed by atoms with Crippen LogP contribution in [0.15, 0.2) is 34.5 Å². The number of hydrogen-bond donors (Lipinski definition) is 0. The van der Waals surface area contributed by atoms with Crippen LogP contribution in [0.5, 0.6) is 11.5 Å². The molecule has 2 aromatic rings. The van der Waals surface area contributed by atoms with E-state index in [1.54, 1.807) is 30.0 Å². The highest BCUT2D eigenvalue weighted by molar-refractivity contribution is 7.99. The molecule has 1 aromatic carbocycles. The van der Waals surface area contributed by atoms with E-state index in [4.69, 9.17) is 14.2 Å². The molecule has 0 bridgehead atoms. The number of sulfonamides is 1. The van der Waals surface area contributed by atoms with Gasteiger partial charge in [0.2, 0.25) is 10.0 Å². The van der Waals surface area contributed by atoms with E-state index in [2.05, 4.69) is 0 Å². The fourth-order valence-electron chi connectivity index (χ4n) is 3.19. The Labute approximate surface area is 188 Å². The van der Waals surface area contributed by atoms with Crippen molar-refractivity contribution < 1.29 is 32.2 Å². The molecule has 0 aliphatic carbocycles. The molecule has 1 saturated heterocycles. The number of thioether (sulfide) groups is 1. The zero-order valence-electron chi connectivity index (χ0n) is 16.6. The molecule has 8 nitrogen and oxygen atoms in total. The van der Waals surface area contributed by atoms with Gasteiger partial charge in [0.15, 0.2) is 23.9 Å². The molecule has 0 unspecified atom stereocenters. The smallest absolute Gasteiger partial charge is 0.350 e. The second kappa shape index (κ2) is 9.60. The van der Waals surface area contributed by atoms with E-state index >= 15 is 0 Å². The Balaban J connectivity index is 1.43. The number of ether oxygens (including phenoxy) is 3. The number of carbonyl (C=O) groups is 2. The van der Waals surface area contributed by atoms with E-state index in [1.807, 2.05) is 0 Å². The van der Waals surface area contributed by atoms with Gasteiger partial charge in [-0.15, -0.1) is 11.3 Å². The van der Waals surface area contributed by atoms with Crippen LogP contribution >= 0.6 is 23.1 Å². The van der Waals surface area contributed by atoms with Crippen LogP contribution in [0.3, 0.4) is 0 Å². The number of hydrogen-bond acceptors (Lipinski definition) is 9. The normalized spacial score (nSPS) is 17.0. The van der Waals surface area contributed by atoms with Crippen LogP contribution in [0.4, 0.5) is 0 Å². The molecule has 2 aliphatic heterocycles. The molecule has 0 N–H and O–H groups in total. The van der Waals surface area contributed by atoms with Gasteiger partial charge in [0.05, 0.1) is 13.2 Å². The molecular weight excluding hydrogens is 462 g/mol. The quantitative estimate of drug-likeness (QED) is 0.457. The second-order valence-corrected chi connectivity index (χ2v) is 10.9. The van der Waals surface area contributed by atoms with Crippen LogP contribution in [-0.2, 0) is 14.8 Å². The van der Waals surface area contributed by atoms with E-state index in [1.165, 1.54) is 15.8 Å². The van der Waals surface area contributed by atoms with E-state index in [0.29, 0.717) is 54.9 Å². The predicted molar refractivity (Wildman–Crippen MR) is 117 cm³/mol. The van der Waals surface area contributed by atoms with Crippen molar-refractivity contribution in [2.24, 2.45) is 0 Å². The zero-order chi connectivity index (χ0) is 21.8. The fourth-order valence-corrected chi connectivity index (χ4v) is 7.05. The van der Waals surface area contributed by atoms with Gasteiger partial charge in [-0.2, -0.15) is 16.1 Å². The summed E-state index contributed by atoms with van der Waals surface area (Å²) >= 11 is 2.68. The van der Waals surface area contributed by atoms with Gasteiger partial charge < -0.3 is 14.2 Å². The molecule has 0 spiro atoms. The molecule has 11 heteroatoms. The van der Waals surface area contributed by atoms with E-state index in [0.717, 1.165) is 17.8 Å². The molecule has 0 saturated carbocycles. The van der Waals surface area contributed by atoms with Crippen molar-refractivity contribution in [3.05, 3.63) is 40.1 Å². The molecule has 4 rings (SSSR count). The summed E-state index contributed by atoms with van der Waals surface area (Å²) in [6.07, 6.45) is 0.748. The summed E-state index contributed by atoms with van der Waals surface area (Å²) in [5, 5.41) is 1.54. The number of rotatable bonds is 6. The summed E-state index contributed by atoms with van der Waals surface area (Å²) in [6, 6.07) is 6.20. The highest BCUT2D eigenvalue weighted by Crippen LogP contribution is 2.31. The second-order valence-electron chi connectivity index (χ2n) is 6.84. The Morgan fingerprint density at radius 2 is 1.81 bits per heavy atom. The van der Waals surface area contributed by atoms with Crippen LogP contribution in [0.25, 0.3) is 0 Å². The number of esters is 1.